The first kappa shape index (κ1) is 20.9. The van der Waals surface area contributed by atoms with Crippen LogP contribution in [0.5, 0.6) is 5.75 Å². The number of ether oxygens (including phenoxy) is 2. The molecule has 1 aliphatic carbocycles. The van der Waals surface area contributed by atoms with Gasteiger partial charge in [0.15, 0.2) is 5.60 Å². The van der Waals surface area contributed by atoms with E-state index in [-0.39, 0.29) is 12.0 Å². The number of carbonyl (C=O) groups is 2. The molecule has 2 aliphatic heterocycles. The highest BCUT2D eigenvalue weighted by molar-refractivity contribution is 5.89. The number of amides is 2. The van der Waals surface area contributed by atoms with E-state index in [0.29, 0.717) is 32.6 Å². The Bertz CT molecular complexity index is 985. The first-order chi connectivity index (χ1) is 15.5. The van der Waals surface area contributed by atoms with Crippen LogP contribution in [-0.2, 0) is 21.5 Å². The molecule has 0 N–H and O–H groups in total. The molecule has 5 rings (SSSR count). The molecule has 1 atom stereocenters. The van der Waals surface area contributed by atoms with Crippen molar-refractivity contribution in [2.75, 3.05) is 26.7 Å². The van der Waals surface area contributed by atoms with Gasteiger partial charge in [-0.25, -0.2) is 4.79 Å². The summed E-state index contributed by atoms with van der Waals surface area (Å²) in [5.74, 6) is 0.973. The van der Waals surface area contributed by atoms with E-state index in [0.717, 1.165) is 42.6 Å². The molecule has 6 nitrogen and oxygen atoms in total. The highest BCUT2D eigenvalue weighted by Crippen LogP contribution is 2.45. The van der Waals surface area contributed by atoms with Gasteiger partial charge < -0.3 is 14.4 Å². The molecule has 2 heterocycles. The number of rotatable bonds is 5. The predicted molar refractivity (Wildman–Crippen MR) is 120 cm³/mol. The monoisotopic (exact) mass is 434 g/mol. The van der Waals surface area contributed by atoms with Gasteiger partial charge >= 0.3 is 6.09 Å². The molecule has 2 aromatic carbocycles. The van der Waals surface area contributed by atoms with Gasteiger partial charge in [-0.3, -0.25) is 9.69 Å². The maximum atomic E-state index is 13.9. The lowest BCUT2D eigenvalue weighted by Gasteiger charge is -2.33. The Morgan fingerprint density at radius 3 is 2.41 bits per heavy atom. The van der Waals surface area contributed by atoms with Crippen LogP contribution in [-0.4, -0.2) is 54.1 Å². The highest BCUT2D eigenvalue weighted by atomic mass is 16.6. The lowest BCUT2D eigenvalue weighted by atomic mass is 9.77. The molecule has 0 radical (unpaired) electrons. The summed E-state index contributed by atoms with van der Waals surface area (Å²) in [6.45, 7) is 2.16. The number of carbonyl (C=O) groups excluding carboxylic acids is 2. The molecule has 2 amide bonds. The molecule has 1 unspecified atom stereocenters. The summed E-state index contributed by atoms with van der Waals surface area (Å²) in [4.78, 5) is 30.2. The molecule has 1 spiro atoms. The number of hydrogen-bond acceptors (Lipinski definition) is 4. The first-order valence-corrected chi connectivity index (χ1v) is 11.5. The van der Waals surface area contributed by atoms with E-state index in [2.05, 4.69) is 0 Å². The Balaban J connectivity index is 1.32. The normalized spacial score (nSPS) is 24.2. The highest BCUT2D eigenvalue weighted by Gasteiger charge is 2.54. The van der Waals surface area contributed by atoms with Crippen LogP contribution >= 0.6 is 0 Å². The van der Waals surface area contributed by atoms with Crippen molar-refractivity contribution in [3.05, 3.63) is 65.7 Å². The summed E-state index contributed by atoms with van der Waals surface area (Å²) in [6.07, 6.45) is 4.24. The maximum Gasteiger partial charge on any atom is 0.410 e. The van der Waals surface area contributed by atoms with Gasteiger partial charge in [0.05, 0.1) is 25.6 Å². The largest absolute Gasteiger partial charge is 0.497 e. The van der Waals surface area contributed by atoms with Crippen LogP contribution in [0.15, 0.2) is 54.6 Å². The average Bonchev–Trinajstić information content (AvgIpc) is 3.54. The van der Waals surface area contributed by atoms with Crippen LogP contribution in [0.4, 0.5) is 4.79 Å². The van der Waals surface area contributed by atoms with E-state index in [4.69, 9.17) is 9.47 Å². The van der Waals surface area contributed by atoms with E-state index in [9.17, 15) is 9.59 Å². The van der Waals surface area contributed by atoms with Crippen LogP contribution in [0.1, 0.15) is 43.2 Å². The fraction of sp³-hybridized carbons (Fsp3) is 0.462. The minimum absolute atomic E-state index is 0.176. The zero-order chi connectivity index (χ0) is 22.2. The van der Waals surface area contributed by atoms with Gasteiger partial charge in [-0.1, -0.05) is 55.3 Å². The van der Waals surface area contributed by atoms with Gasteiger partial charge in [0.2, 0.25) is 5.91 Å². The summed E-state index contributed by atoms with van der Waals surface area (Å²) in [7, 11) is 1.65. The van der Waals surface area contributed by atoms with E-state index < -0.39 is 11.0 Å². The quantitative estimate of drug-likeness (QED) is 0.710. The molecule has 2 aromatic rings. The third kappa shape index (κ3) is 3.61. The van der Waals surface area contributed by atoms with Crippen LogP contribution in [0, 0.1) is 0 Å². The Labute approximate surface area is 189 Å². The molecule has 3 aliphatic rings. The molecule has 1 saturated carbocycles. The molecule has 3 fully saturated rings. The minimum atomic E-state index is -0.596. The maximum absolute atomic E-state index is 13.9. The third-order valence-electron chi connectivity index (χ3n) is 7.37. The van der Waals surface area contributed by atoms with Crippen molar-refractivity contribution < 1.29 is 19.1 Å². The fourth-order valence-corrected chi connectivity index (χ4v) is 5.67. The summed E-state index contributed by atoms with van der Waals surface area (Å²) in [5.41, 5.74) is 1.07. The van der Waals surface area contributed by atoms with Crippen molar-refractivity contribution in [3.63, 3.8) is 0 Å². The van der Waals surface area contributed by atoms with Crippen LogP contribution in [0.2, 0.25) is 0 Å². The Hall–Kier alpha value is -3.02. The Kier molecular flexibility index (Phi) is 5.31. The van der Waals surface area contributed by atoms with Crippen molar-refractivity contribution in [1.29, 1.82) is 0 Å². The molecule has 6 heteroatoms. The van der Waals surface area contributed by atoms with Gasteiger partial charge in [0.25, 0.3) is 0 Å². The number of hydrogen-bond donors (Lipinski definition) is 0. The van der Waals surface area contributed by atoms with Crippen molar-refractivity contribution in [2.24, 2.45) is 0 Å². The van der Waals surface area contributed by atoms with E-state index in [1.165, 1.54) is 0 Å². The van der Waals surface area contributed by atoms with Crippen molar-refractivity contribution in [1.82, 2.24) is 9.80 Å². The van der Waals surface area contributed by atoms with E-state index >= 15 is 0 Å². The standard InChI is InChI=1S/C26H30N2O4/c1-31-22-11-9-21(10-12-22)26(13-5-6-14-26)23(29)27-16-15-25(18-27)19-28(24(30)32-25)17-20-7-3-2-4-8-20/h2-4,7-12H,5-6,13-19H2,1H3. The van der Waals surface area contributed by atoms with Gasteiger partial charge in [-0.05, 0) is 36.1 Å². The predicted octanol–water partition coefficient (Wildman–Crippen LogP) is 4.13. The molecule has 2 saturated heterocycles. The van der Waals surface area contributed by atoms with Crippen molar-refractivity contribution in [2.45, 2.75) is 49.7 Å². The second kappa shape index (κ2) is 8.15. The number of methoxy groups -OCH3 is 1. The van der Waals surface area contributed by atoms with Gasteiger partial charge in [-0.2, -0.15) is 0 Å². The summed E-state index contributed by atoms with van der Waals surface area (Å²) >= 11 is 0. The number of benzene rings is 2. The number of likely N-dealkylation sites (tertiary alicyclic amines) is 1. The average molecular weight is 435 g/mol. The molecule has 168 valence electrons. The second-order valence-corrected chi connectivity index (χ2v) is 9.39. The van der Waals surface area contributed by atoms with Gasteiger partial charge in [0.1, 0.15) is 5.75 Å². The molecule has 0 bridgehead atoms. The summed E-state index contributed by atoms with van der Waals surface area (Å²) in [5, 5.41) is 0. The van der Waals surface area contributed by atoms with Gasteiger partial charge in [0, 0.05) is 19.5 Å². The zero-order valence-electron chi connectivity index (χ0n) is 18.6. The Morgan fingerprint density at radius 1 is 1.00 bits per heavy atom. The summed E-state index contributed by atoms with van der Waals surface area (Å²) < 4.78 is 11.2. The number of nitrogens with zero attached hydrogens (tertiary/aromatic N) is 2. The lowest BCUT2D eigenvalue weighted by molar-refractivity contribution is -0.137. The molecular weight excluding hydrogens is 404 g/mol. The zero-order valence-corrected chi connectivity index (χ0v) is 18.6. The SMILES string of the molecule is COc1ccc(C2(C(=O)N3CCC4(CN(Cc5ccccc5)C(=O)O4)C3)CCCC2)cc1. The topological polar surface area (TPSA) is 59.1 Å². The molecule has 0 aromatic heterocycles. The van der Waals surface area contributed by atoms with Gasteiger partial charge in [-0.15, -0.1) is 0 Å². The molecular formula is C26H30N2O4. The summed E-state index contributed by atoms with van der Waals surface area (Å²) in [6, 6.07) is 17.9. The smallest absolute Gasteiger partial charge is 0.410 e. The van der Waals surface area contributed by atoms with Crippen LogP contribution in [0.3, 0.4) is 0 Å². The van der Waals surface area contributed by atoms with Crippen LogP contribution in [0.25, 0.3) is 0 Å². The lowest BCUT2D eigenvalue weighted by Crippen LogP contribution is -2.47. The van der Waals surface area contributed by atoms with E-state index in [1.807, 2.05) is 59.5 Å². The van der Waals surface area contributed by atoms with Crippen molar-refractivity contribution in [3.8, 4) is 5.75 Å². The first-order valence-electron chi connectivity index (χ1n) is 11.5. The third-order valence-corrected chi connectivity index (χ3v) is 7.37. The second-order valence-electron chi connectivity index (χ2n) is 9.39. The minimum Gasteiger partial charge on any atom is -0.497 e. The van der Waals surface area contributed by atoms with Crippen LogP contribution < -0.4 is 4.74 Å². The molecule has 32 heavy (non-hydrogen) atoms. The fourth-order valence-electron chi connectivity index (χ4n) is 5.67. The van der Waals surface area contributed by atoms with Crippen molar-refractivity contribution >= 4 is 12.0 Å². The van der Waals surface area contributed by atoms with E-state index in [1.54, 1.807) is 12.0 Å². The Morgan fingerprint density at radius 2 is 1.72 bits per heavy atom.